The molecule has 2 aromatic rings. The van der Waals surface area contributed by atoms with Gasteiger partial charge < -0.3 is 9.84 Å². The average Bonchev–Trinajstić information content (AvgIpc) is 2.62. The minimum atomic E-state index is -3.55. The van der Waals surface area contributed by atoms with E-state index in [1.165, 1.54) is 16.4 Å². The van der Waals surface area contributed by atoms with Crippen LogP contribution in [0.25, 0.3) is 0 Å². The number of rotatable bonds is 2. The molecule has 0 unspecified atom stereocenters. The van der Waals surface area contributed by atoms with E-state index in [-0.39, 0.29) is 22.8 Å². The van der Waals surface area contributed by atoms with Gasteiger partial charge in [-0.3, -0.25) is 4.79 Å². The predicted octanol–water partition coefficient (Wildman–Crippen LogP) is 2.58. The molecule has 2 aliphatic rings. The van der Waals surface area contributed by atoms with Crippen molar-refractivity contribution in [3.8, 4) is 11.5 Å². The van der Waals surface area contributed by atoms with Gasteiger partial charge in [0.05, 0.1) is 16.9 Å². The summed E-state index contributed by atoms with van der Waals surface area (Å²) in [5, 5.41) is 9.66. The lowest BCUT2D eigenvalue weighted by Gasteiger charge is -2.43. The van der Waals surface area contributed by atoms with Gasteiger partial charge >= 0.3 is 0 Å². The Morgan fingerprint density at radius 2 is 1.73 bits per heavy atom. The standard InChI is InChI=1S/C19H19NO5S/c21-14-6-7-16-17(22)13-19(25-18(16)12-14)8-10-20(11-9-19)26(23,24)15-4-2-1-3-5-15/h1-7,12,21H,8-11,13H2. The Morgan fingerprint density at radius 1 is 1.04 bits per heavy atom. The van der Waals surface area contributed by atoms with Crippen LogP contribution in [0.15, 0.2) is 53.4 Å². The maximum atomic E-state index is 12.8. The van der Waals surface area contributed by atoms with E-state index in [1.807, 2.05) is 0 Å². The minimum absolute atomic E-state index is 0.0365. The fourth-order valence-electron chi connectivity index (χ4n) is 3.64. The van der Waals surface area contributed by atoms with Crippen molar-refractivity contribution in [1.29, 1.82) is 0 Å². The van der Waals surface area contributed by atoms with Crippen LogP contribution < -0.4 is 4.74 Å². The molecule has 0 aromatic heterocycles. The van der Waals surface area contributed by atoms with Gasteiger partial charge in [-0.1, -0.05) is 18.2 Å². The average molecular weight is 373 g/mol. The van der Waals surface area contributed by atoms with Gasteiger partial charge in [-0.05, 0) is 24.3 Å². The van der Waals surface area contributed by atoms with E-state index < -0.39 is 15.6 Å². The monoisotopic (exact) mass is 373 g/mol. The highest BCUT2D eigenvalue weighted by atomic mass is 32.2. The molecular formula is C19H19NO5S. The van der Waals surface area contributed by atoms with Crippen LogP contribution >= 0.6 is 0 Å². The number of hydrogen-bond acceptors (Lipinski definition) is 5. The molecule has 0 atom stereocenters. The van der Waals surface area contributed by atoms with Crippen molar-refractivity contribution in [3.63, 3.8) is 0 Å². The van der Waals surface area contributed by atoms with Crippen molar-refractivity contribution < 1.29 is 23.1 Å². The lowest BCUT2D eigenvalue weighted by molar-refractivity contribution is 0.00579. The van der Waals surface area contributed by atoms with Crippen LogP contribution in [0.3, 0.4) is 0 Å². The largest absolute Gasteiger partial charge is 0.508 e. The highest BCUT2D eigenvalue weighted by Crippen LogP contribution is 2.41. The van der Waals surface area contributed by atoms with E-state index in [4.69, 9.17) is 4.74 Å². The zero-order valence-corrected chi connectivity index (χ0v) is 14.9. The van der Waals surface area contributed by atoms with E-state index in [0.717, 1.165) is 0 Å². The molecule has 1 spiro atoms. The van der Waals surface area contributed by atoms with Crippen molar-refractivity contribution in [2.24, 2.45) is 0 Å². The zero-order valence-electron chi connectivity index (χ0n) is 14.1. The Balaban J connectivity index is 1.55. The molecule has 2 aromatic carbocycles. The maximum absolute atomic E-state index is 12.8. The minimum Gasteiger partial charge on any atom is -0.508 e. The van der Waals surface area contributed by atoms with Gasteiger partial charge in [0.1, 0.15) is 17.1 Å². The second-order valence-electron chi connectivity index (χ2n) is 6.78. The Labute approximate surface area is 152 Å². The SMILES string of the molecule is O=C1CC2(CCN(S(=O)(=O)c3ccccc3)CC2)Oc2cc(O)ccc21. The molecule has 4 rings (SSSR count). The summed E-state index contributed by atoms with van der Waals surface area (Å²) < 4.78 is 33.0. The van der Waals surface area contributed by atoms with E-state index in [0.29, 0.717) is 37.2 Å². The highest BCUT2D eigenvalue weighted by molar-refractivity contribution is 7.89. The maximum Gasteiger partial charge on any atom is 0.243 e. The number of hydrogen-bond donors (Lipinski definition) is 1. The molecule has 0 aliphatic carbocycles. The number of benzene rings is 2. The van der Waals surface area contributed by atoms with E-state index in [9.17, 15) is 18.3 Å². The predicted molar refractivity (Wildman–Crippen MR) is 94.8 cm³/mol. The summed E-state index contributed by atoms with van der Waals surface area (Å²) in [4.78, 5) is 12.7. The van der Waals surface area contributed by atoms with E-state index >= 15 is 0 Å². The molecule has 6 nitrogen and oxygen atoms in total. The van der Waals surface area contributed by atoms with Crippen molar-refractivity contribution in [2.75, 3.05) is 13.1 Å². The van der Waals surface area contributed by atoms with Crippen LogP contribution in [0.1, 0.15) is 29.6 Å². The van der Waals surface area contributed by atoms with Crippen LogP contribution in [0.2, 0.25) is 0 Å². The lowest BCUT2D eigenvalue weighted by Crippen LogP contribution is -2.52. The summed E-state index contributed by atoms with van der Waals surface area (Å²) >= 11 is 0. The number of phenolic OH excluding ortho intramolecular Hbond substituents is 1. The second-order valence-corrected chi connectivity index (χ2v) is 8.72. The lowest BCUT2D eigenvalue weighted by atomic mass is 9.83. The fourth-order valence-corrected chi connectivity index (χ4v) is 5.10. The number of carbonyl (C=O) groups is 1. The molecule has 2 heterocycles. The first-order valence-corrected chi connectivity index (χ1v) is 9.94. The summed E-state index contributed by atoms with van der Waals surface area (Å²) in [6.07, 6.45) is 1.09. The molecule has 0 amide bonds. The third-order valence-electron chi connectivity index (χ3n) is 5.09. The van der Waals surface area contributed by atoms with E-state index in [1.54, 1.807) is 36.4 Å². The van der Waals surface area contributed by atoms with Crippen molar-refractivity contribution in [3.05, 3.63) is 54.1 Å². The molecule has 1 saturated heterocycles. The molecule has 1 fully saturated rings. The summed E-state index contributed by atoms with van der Waals surface area (Å²) in [5.41, 5.74) is -0.242. The Morgan fingerprint density at radius 3 is 2.42 bits per heavy atom. The molecule has 136 valence electrons. The molecule has 0 saturated carbocycles. The number of Topliss-reactive ketones (excluding diaryl/α,β-unsaturated/α-hetero) is 1. The van der Waals surface area contributed by atoms with Crippen LogP contribution in [0.4, 0.5) is 0 Å². The van der Waals surface area contributed by atoms with Crippen molar-refractivity contribution >= 4 is 15.8 Å². The fraction of sp³-hybridized carbons (Fsp3) is 0.316. The molecule has 7 heteroatoms. The molecular weight excluding hydrogens is 354 g/mol. The molecule has 1 N–H and O–H groups in total. The Kier molecular flexibility index (Phi) is 4.00. The number of carbonyl (C=O) groups excluding carboxylic acids is 1. The van der Waals surface area contributed by atoms with Gasteiger partial charge in [0.15, 0.2) is 5.78 Å². The normalized spacial score (nSPS) is 19.8. The number of fused-ring (bicyclic) bond motifs is 1. The Bertz CT molecular complexity index is 947. The van der Waals surface area contributed by atoms with Gasteiger partial charge in [-0.25, -0.2) is 8.42 Å². The highest BCUT2D eigenvalue weighted by Gasteiger charge is 2.45. The molecule has 0 bridgehead atoms. The second kappa shape index (κ2) is 6.10. The molecule has 26 heavy (non-hydrogen) atoms. The van der Waals surface area contributed by atoms with Gasteiger partial charge in [0.25, 0.3) is 0 Å². The van der Waals surface area contributed by atoms with Gasteiger partial charge in [-0.2, -0.15) is 4.31 Å². The quantitative estimate of drug-likeness (QED) is 0.875. The summed E-state index contributed by atoms with van der Waals surface area (Å²) in [5.74, 6) is 0.379. The Hall–Kier alpha value is -2.38. The first-order valence-electron chi connectivity index (χ1n) is 8.50. The van der Waals surface area contributed by atoms with E-state index in [2.05, 4.69) is 0 Å². The number of nitrogens with zero attached hydrogens (tertiary/aromatic N) is 1. The molecule has 0 radical (unpaired) electrons. The number of phenols is 1. The van der Waals surface area contributed by atoms with Gasteiger partial charge in [0, 0.05) is 32.0 Å². The number of ketones is 1. The zero-order chi connectivity index (χ0) is 18.4. The smallest absolute Gasteiger partial charge is 0.243 e. The van der Waals surface area contributed by atoms with Crippen LogP contribution in [-0.4, -0.2) is 42.3 Å². The van der Waals surface area contributed by atoms with Crippen LogP contribution in [-0.2, 0) is 10.0 Å². The van der Waals surface area contributed by atoms with Gasteiger partial charge in [0.2, 0.25) is 10.0 Å². The number of ether oxygens (including phenoxy) is 1. The van der Waals surface area contributed by atoms with Crippen LogP contribution in [0, 0.1) is 0 Å². The first-order chi connectivity index (χ1) is 12.4. The van der Waals surface area contributed by atoms with Gasteiger partial charge in [-0.15, -0.1) is 0 Å². The summed E-state index contributed by atoms with van der Waals surface area (Å²) in [6.45, 7) is 0.581. The van der Waals surface area contributed by atoms with Crippen molar-refractivity contribution in [1.82, 2.24) is 4.31 Å². The summed E-state index contributed by atoms with van der Waals surface area (Å²) in [6, 6.07) is 12.8. The number of sulfonamides is 1. The number of aromatic hydroxyl groups is 1. The third kappa shape index (κ3) is 2.87. The topological polar surface area (TPSA) is 83.9 Å². The molecule has 2 aliphatic heterocycles. The third-order valence-corrected chi connectivity index (χ3v) is 7.00. The number of piperidine rings is 1. The van der Waals surface area contributed by atoms with Crippen LogP contribution in [0.5, 0.6) is 11.5 Å². The van der Waals surface area contributed by atoms with Crippen molar-refractivity contribution in [2.45, 2.75) is 29.8 Å². The summed E-state index contributed by atoms with van der Waals surface area (Å²) in [7, 11) is -3.55. The first kappa shape index (κ1) is 17.1.